The first kappa shape index (κ1) is 12.9. The van der Waals surface area contributed by atoms with Gasteiger partial charge in [-0.15, -0.1) is 0 Å². The molecule has 1 saturated heterocycles. The lowest BCUT2D eigenvalue weighted by atomic mass is 10.2. The summed E-state index contributed by atoms with van der Waals surface area (Å²) < 4.78 is 0. The van der Waals surface area contributed by atoms with Crippen LogP contribution in [0.15, 0.2) is 0 Å². The van der Waals surface area contributed by atoms with Crippen molar-refractivity contribution in [3.8, 4) is 0 Å². The summed E-state index contributed by atoms with van der Waals surface area (Å²) in [6.07, 6.45) is 3.26. The van der Waals surface area contributed by atoms with Crippen LogP contribution >= 0.6 is 12.2 Å². The van der Waals surface area contributed by atoms with Crippen LogP contribution in [0.2, 0.25) is 0 Å². The largest absolute Gasteiger partial charge is 0.393 e. The second-order valence-electron chi connectivity index (χ2n) is 4.57. The van der Waals surface area contributed by atoms with Crippen molar-refractivity contribution in [2.45, 2.75) is 32.2 Å². The molecule has 0 amide bonds. The van der Waals surface area contributed by atoms with Gasteiger partial charge in [0.25, 0.3) is 0 Å². The van der Waals surface area contributed by atoms with Gasteiger partial charge in [0.1, 0.15) is 0 Å². The summed E-state index contributed by atoms with van der Waals surface area (Å²) in [7, 11) is 2.20. The van der Waals surface area contributed by atoms with E-state index >= 15 is 0 Å². The zero-order valence-electron chi connectivity index (χ0n) is 9.91. The van der Waals surface area contributed by atoms with Gasteiger partial charge in [-0.1, -0.05) is 12.2 Å². The Bertz CT molecular complexity index is 208. The van der Waals surface area contributed by atoms with Crippen LogP contribution < -0.4 is 5.73 Å². The number of hydrogen-bond acceptors (Lipinski definition) is 3. The fourth-order valence-corrected chi connectivity index (χ4v) is 2.35. The molecule has 0 aromatic carbocycles. The Kier molecular flexibility index (Phi) is 5.50. The monoisotopic (exact) mass is 229 g/mol. The average Bonchev–Trinajstić information content (AvgIpc) is 2.28. The molecule has 3 nitrogen and oxygen atoms in total. The first-order valence-electron chi connectivity index (χ1n) is 5.80. The molecule has 0 radical (unpaired) electrons. The van der Waals surface area contributed by atoms with Gasteiger partial charge in [0.15, 0.2) is 0 Å². The second kappa shape index (κ2) is 6.40. The molecule has 1 unspecified atom stereocenters. The van der Waals surface area contributed by atoms with E-state index in [9.17, 15) is 0 Å². The highest BCUT2D eigenvalue weighted by Gasteiger charge is 2.18. The summed E-state index contributed by atoms with van der Waals surface area (Å²) in [5.41, 5.74) is 5.50. The van der Waals surface area contributed by atoms with Crippen molar-refractivity contribution in [3.05, 3.63) is 0 Å². The maximum absolute atomic E-state index is 5.50. The molecule has 0 spiro atoms. The van der Waals surface area contributed by atoms with E-state index in [2.05, 4.69) is 23.8 Å². The molecule has 0 aromatic heterocycles. The van der Waals surface area contributed by atoms with Crippen LogP contribution in [0.1, 0.15) is 26.2 Å². The Morgan fingerprint density at radius 1 is 1.47 bits per heavy atom. The van der Waals surface area contributed by atoms with Gasteiger partial charge >= 0.3 is 0 Å². The molecule has 1 atom stereocenters. The Balaban J connectivity index is 2.29. The predicted octanol–water partition coefficient (Wildman–Crippen LogP) is 1.08. The van der Waals surface area contributed by atoms with E-state index < -0.39 is 0 Å². The van der Waals surface area contributed by atoms with Crippen molar-refractivity contribution in [2.75, 3.05) is 33.2 Å². The number of nitrogens with two attached hydrogens (primary N) is 1. The van der Waals surface area contributed by atoms with Gasteiger partial charge < -0.3 is 10.6 Å². The van der Waals surface area contributed by atoms with E-state index in [4.69, 9.17) is 18.0 Å². The van der Waals surface area contributed by atoms with Crippen LogP contribution in [-0.4, -0.2) is 54.1 Å². The van der Waals surface area contributed by atoms with Gasteiger partial charge in [-0.05, 0) is 52.9 Å². The minimum atomic E-state index is 0.648. The van der Waals surface area contributed by atoms with E-state index in [1.807, 2.05) is 0 Å². The highest BCUT2D eigenvalue weighted by atomic mass is 32.1. The van der Waals surface area contributed by atoms with Crippen LogP contribution in [0.5, 0.6) is 0 Å². The van der Waals surface area contributed by atoms with E-state index in [0.29, 0.717) is 11.0 Å². The van der Waals surface area contributed by atoms with Gasteiger partial charge in [-0.2, -0.15) is 0 Å². The van der Waals surface area contributed by atoms with Crippen LogP contribution in [0.25, 0.3) is 0 Å². The van der Waals surface area contributed by atoms with Crippen LogP contribution in [0.4, 0.5) is 0 Å². The topological polar surface area (TPSA) is 32.5 Å². The molecule has 0 aromatic rings. The molecular weight excluding hydrogens is 206 g/mol. The number of nitrogens with zero attached hydrogens (tertiary/aromatic N) is 2. The van der Waals surface area contributed by atoms with Crippen LogP contribution in [-0.2, 0) is 0 Å². The minimum absolute atomic E-state index is 0.648. The molecule has 1 rings (SSSR count). The summed E-state index contributed by atoms with van der Waals surface area (Å²) in [5, 5.41) is 0. The van der Waals surface area contributed by atoms with Gasteiger partial charge in [0.05, 0.1) is 4.99 Å². The standard InChI is InChI=1S/C11H23N3S/c1-10-9-13(2)6-4-8-14(10)7-3-5-11(12)15/h10H,3-9H2,1-2H3,(H2,12,15). The van der Waals surface area contributed by atoms with Crippen LogP contribution in [0.3, 0.4) is 0 Å². The molecule has 0 bridgehead atoms. The third kappa shape index (κ3) is 4.91. The number of rotatable bonds is 4. The summed E-state index contributed by atoms with van der Waals surface area (Å²) in [5.74, 6) is 0. The number of thiocarbonyl (C=S) groups is 1. The summed E-state index contributed by atoms with van der Waals surface area (Å²) >= 11 is 4.89. The van der Waals surface area contributed by atoms with Gasteiger partial charge in [-0.25, -0.2) is 0 Å². The van der Waals surface area contributed by atoms with Gasteiger partial charge in [0.2, 0.25) is 0 Å². The lowest BCUT2D eigenvalue weighted by Gasteiger charge is -2.27. The molecule has 1 aliphatic rings. The van der Waals surface area contributed by atoms with Gasteiger partial charge in [-0.3, -0.25) is 4.90 Å². The van der Waals surface area contributed by atoms with Crippen molar-refractivity contribution >= 4 is 17.2 Å². The maximum atomic E-state index is 5.50. The van der Waals surface area contributed by atoms with E-state index in [-0.39, 0.29) is 0 Å². The molecule has 4 heteroatoms. The Hall–Kier alpha value is -0.190. The number of likely N-dealkylation sites (N-methyl/N-ethyl adjacent to an activating group) is 1. The first-order chi connectivity index (χ1) is 7.09. The van der Waals surface area contributed by atoms with Crippen molar-refractivity contribution < 1.29 is 0 Å². The van der Waals surface area contributed by atoms with E-state index in [0.717, 1.165) is 19.4 Å². The fraction of sp³-hybridized carbons (Fsp3) is 0.909. The third-order valence-electron chi connectivity index (χ3n) is 3.05. The Labute approximate surface area is 98.6 Å². The fourth-order valence-electron chi connectivity index (χ4n) is 2.21. The lowest BCUT2D eigenvalue weighted by Crippen LogP contribution is -2.38. The number of hydrogen-bond donors (Lipinski definition) is 1. The highest BCUT2D eigenvalue weighted by Crippen LogP contribution is 2.09. The highest BCUT2D eigenvalue weighted by molar-refractivity contribution is 7.80. The minimum Gasteiger partial charge on any atom is -0.393 e. The molecule has 15 heavy (non-hydrogen) atoms. The third-order valence-corrected chi connectivity index (χ3v) is 3.26. The lowest BCUT2D eigenvalue weighted by molar-refractivity contribution is 0.201. The van der Waals surface area contributed by atoms with Crippen molar-refractivity contribution in [3.63, 3.8) is 0 Å². The molecule has 88 valence electrons. The van der Waals surface area contributed by atoms with Crippen molar-refractivity contribution in [1.82, 2.24) is 9.80 Å². The molecular formula is C11H23N3S. The summed E-state index contributed by atoms with van der Waals surface area (Å²) in [4.78, 5) is 5.62. The molecule has 1 heterocycles. The zero-order chi connectivity index (χ0) is 11.3. The molecule has 0 saturated carbocycles. The Morgan fingerprint density at radius 2 is 2.20 bits per heavy atom. The van der Waals surface area contributed by atoms with E-state index in [1.165, 1.54) is 26.1 Å². The van der Waals surface area contributed by atoms with Crippen molar-refractivity contribution in [2.24, 2.45) is 5.73 Å². The molecule has 2 N–H and O–H groups in total. The first-order valence-corrected chi connectivity index (χ1v) is 6.21. The summed E-state index contributed by atoms with van der Waals surface area (Å²) in [6, 6.07) is 0.656. The van der Waals surface area contributed by atoms with Gasteiger partial charge in [0, 0.05) is 12.6 Å². The molecule has 1 aliphatic heterocycles. The quantitative estimate of drug-likeness (QED) is 0.731. The smallest absolute Gasteiger partial charge is 0.0727 e. The zero-order valence-corrected chi connectivity index (χ0v) is 10.7. The SMILES string of the molecule is CC1CN(C)CCCN1CCCC(N)=S. The maximum Gasteiger partial charge on any atom is 0.0727 e. The molecule has 1 fully saturated rings. The van der Waals surface area contributed by atoms with Crippen molar-refractivity contribution in [1.29, 1.82) is 0 Å². The summed E-state index contributed by atoms with van der Waals surface area (Å²) in [6.45, 7) is 7.04. The van der Waals surface area contributed by atoms with E-state index in [1.54, 1.807) is 0 Å². The average molecular weight is 229 g/mol. The predicted molar refractivity (Wildman–Crippen MR) is 69.2 cm³/mol. The Morgan fingerprint density at radius 3 is 2.87 bits per heavy atom. The second-order valence-corrected chi connectivity index (χ2v) is 5.10. The normalized spacial score (nSPS) is 25.1. The van der Waals surface area contributed by atoms with Crippen LogP contribution in [0, 0.1) is 0 Å². The molecule has 0 aliphatic carbocycles.